The normalized spacial score (nSPS) is 8.67. The van der Waals surface area contributed by atoms with Crippen molar-refractivity contribution in [1.82, 2.24) is 0 Å². The van der Waals surface area contributed by atoms with Gasteiger partial charge in [-0.15, -0.1) is 0 Å². The van der Waals surface area contributed by atoms with Crippen molar-refractivity contribution in [3.05, 3.63) is 29.6 Å². The smallest absolute Gasteiger partial charge is 0.229 e. The van der Waals surface area contributed by atoms with Gasteiger partial charge in [-0.25, -0.2) is 13.2 Å². The highest BCUT2D eigenvalue weighted by atomic mass is 19.3. The van der Waals surface area contributed by atoms with Crippen molar-refractivity contribution in [2.24, 2.45) is 0 Å². The second-order valence-electron chi connectivity index (χ2n) is 2.13. The molecule has 0 aliphatic rings. The lowest BCUT2D eigenvalue weighted by molar-refractivity contribution is 0.295. The minimum Gasteiger partial charge on any atom is -0.396 e. The quantitative estimate of drug-likeness (QED) is 0.605. The van der Waals surface area contributed by atoms with E-state index in [1.54, 1.807) is 12.1 Å². The molecule has 0 amide bonds. The lowest BCUT2D eigenvalue weighted by Crippen LogP contribution is -1.89. The first-order valence-corrected chi connectivity index (χ1v) is 3.25. The zero-order valence-electron chi connectivity index (χ0n) is 6.65. The van der Waals surface area contributed by atoms with Crippen molar-refractivity contribution in [2.45, 2.75) is 6.92 Å². The number of aryl methyl sites for hydroxylation is 1. The van der Waals surface area contributed by atoms with E-state index in [4.69, 9.17) is 5.73 Å². The number of benzene rings is 1. The van der Waals surface area contributed by atoms with Crippen LogP contribution in [0.1, 0.15) is 5.56 Å². The van der Waals surface area contributed by atoms with Crippen LogP contribution in [0.15, 0.2) is 18.2 Å². The van der Waals surface area contributed by atoms with Gasteiger partial charge < -0.3 is 5.73 Å². The monoisotopic (exact) mass is 177 g/mol. The summed E-state index contributed by atoms with van der Waals surface area (Å²) >= 11 is 0. The predicted molar refractivity (Wildman–Crippen MR) is 42.6 cm³/mol. The van der Waals surface area contributed by atoms with E-state index in [1.807, 2.05) is 6.92 Å². The predicted octanol–water partition coefficient (Wildman–Crippen LogP) is 2.60. The molecule has 68 valence electrons. The lowest BCUT2D eigenvalue weighted by Gasteiger charge is -1.94. The molecule has 1 nitrogen and oxygen atoms in total. The topological polar surface area (TPSA) is 26.0 Å². The number of hydrogen-bond acceptors (Lipinski definition) is 1. The summed E-state index contributed by atoms with van der Waals surface area (Å²) in [6, 6.07) is 4.75. The van der Waals surface area contributed by atoms with Crippen LogP contribution in [0.25, 0.3) is 0 Å². The Morgan fingerprint density at radius 1 is 1.33 bits per heavy atom. The van der Waals surface area contributed by atoms with Gasteiger partial charge in [-0.3, -0.25) is 0 Å². The lowest BCUT2D eigenvalue weighted by atomic mass is 10.2. The minimum atomic E-state index is -1.75. The van der Waals surface area contributed by atoms with Gasteiger partial charge in [0.2, 0.25) is 6.93 Å². The highest BCUT2D eigenvalue weighted by Crippen LogP contribution is 2.10. The Morgan fingerprint density at radius 2 is 1.83 bits per heavy atom. The Bertz CT molecular complexity index is 238. The van der Waals surface area contributed by atoms with Crippen LogP contribution in [0.5, 0.6) is 0 Å². The number of anilines is 1. The average Bonchev–Trinajstić information content (AvgIpc) is 1.99. The third-order valence-electron chi connectivity index (χ3n) is 1.16. The zero-order valence-corrected chi connectivity index (χ0v) is 6.65. The molecule has 0 saturated heterocycles. The molecule has 1 aromatic carbocycles. The third-order valence-corrected chi connectivity index (χ3v) is 1.16. The first-order chi connectivity index (χ1) is 5.61. The maximum atomic E-state index is 12.5. The molecule has 0 bridgehead atoms. The molecule has 0 heterocycles. The molecule has 2 N–H and O–H groups in total. The Balaban J connectivity index is 0.000000354. The molecule has 0 aromatic heterocycles. The van der Waals surface area contributed by atoms with Gasteiger partial charge in [0.15, 0.2) is 0 Å². The van der Waals surface area contributed by atoms with E-state index in [9.17, 15) is 13.2 Å². The first-order valence-electron chi connectivity index (χ1n) is 3.25. The largest absolute Gasteiger partial charge is 0.396 e. The fourth-order valence-electron chi connectivity index (χ4n) is 0.632. The van der Waals surface area contributed by atoms with Crippen LogP contribution in [0.2, 0.25) is 0 Å². The van der Waals surface area contributed by atoms with E-state index in [0.717, 1.165) is 5.56 Å². The molecule has 4 heteroatoms. The molecular formula is C8H10F3N. The van der Waals surface area contributed by atoms with Crippen LogP contribution in [-0.4, -0.2) is 6.93 Å². The highest BCUT2D eigenvalue weighted by Gasteiger charge is 1.94. The maximum Gasteiger partial charge on any atom is 0.229 e. The summed E-state index contributed by atoms with van der Waals surface area (Å²) in [5.41, 5.74) is 6.31. The van der Waals surface area contributed by atoms with E-state index in [0.29, 0.717) is 0 Å². The molecule has 0 radical (unpaired) electrons. The summed E-state index contributed by atoms with van der Waals surface area (Å²) in [4.78, 5) is 0. The van der Waals surface area contributed by atoms with Crippen molar-refractivity contribution in [2.75, 3.05) is 12.7 Å². The Hall–Kier alpha value is -1.19. The molecule has 1 rings (SSSR count). The van der Waals surface area contributed by atoms with Crippen molar-refractivity contribution in [1.29, 1.82) is 0 Å². The Labute approximate surface area is 69.0 Å². The summed E-state index contributed by atoms with van der Waals surface area (Å²) in [6.07, 6.45) is 0. The summed E-state index contributed by atoms with van der Waals surface area (Å²) in [7, 11) is 0. The number of nitrogen functional groups attached to an aromatic ring is 1. The fraction of sp³-hybridized carbons (Fsp3) is 0.250. The molecular weight excluding hydrogens is 167 g/mol. The molecule has 0 spiro atoms. The zero-order chi connectivity index (χ0) is 9.56. The van der Waals surface area contributed by atoms with E-state index < -0.39 is 6.93 Å². The van der Waals surface area contributed by atoms with Crippen LogP contribution < -0.4 is 5.73 Å². The highest BCUT2D eigenvalue weighted by molar-refractivity contribution is 5.40. The van der Waals surface area contributed by atoms with Crippen LogP contribution in [-0.2, 0) is 0 Å². The van der Waals surface area contributed by atoms with Gasteiger partial charge in [0.05, 0.1) is 5.69 Å². The van der Waals surface area contributed by atoms with E-state index in [1.165, 1.54) is 6.07 Å². The number of halogens is 3. The molecule has 1 aromatic rings. The second-order valence-corrected chi connectivity index (χ2v) is 2.13. The SMILES string of the molecule is Cc1ccc(N)c(F)c1.FCF. The molecule has 0 atom stereocenters. The van der Waals surface area contributed by atoms with Gasteiger partial charge in [-0.1, -0.05) is 6.07 Å². The number of hydrogen-bond donors (Lipinski definition) is 1. The van der Waals surface area contributed by atoms with Crippen molar-refractivity contribution in [3.63, 3.8) is 0 Å². The van der Waals surface area contributed by atoms with Gasteiger partial charge in [-0.2, -0.15) is 0 Å². The third kappa shape index (κ3) is 3.85. The van der Waals surface area contributed by atoms with Crippen LogP contribution >= 0.6 is 0 Å². The summed E-state index contributed by atoms with van der Waals surface area (Å²) in [6.45, 7) is 0.0719. The van der Waals surface area contributed by atoms with E-state index in [-0.39, 0.29) is 11.5 Å². The summed E-state index contributed by atoms with van der Waals surface area (Å²) in [5.74, 6) is -0.338. The van der Waals surface area contributed by atoms with E-state index in [2.05, 4.69) is 0 Å². The first kappa shape index (κ1) is 10.8. The fourth-order valence-corrected chi connectivity index (χ4v) is 0.632. The van der Waals surface area contributed by atoms with Gasteiger partial charge in [0.1, 0.15) is 5.82 Å². The molecule has 12 heavy (non-hydrogen) atoms. The standard InChI is InChI=1S/C7H8FN.CH2F2/c1-5-2-3-7(9)6(8)4-5;2-1-3/h2-4H,9H2,1H3;1H2. The van der Waals surface area contributed by atoms with Crippen LogP contribution in [0.3, 0.4) is 0 Å². The Morgan fingerprint density at radius 3 is 2.17 bits per heavy atom. The van der Waals surface area contributed by atoms with E-state index >= 15 is 0 Å². The molecule has 0 aliphatic heterocycles. The van der Waals surface area contributed by atoms with Crippen LogP contribution in [0.4, 0.5) is 18.9 Å². The van der Waals surface area contributed by atoms with Gasteiger partial charge in [0.25, 0.3) is 0 Å². The average molecular weight is 177 g/mol. The minimum absolute atomic E-state index is 0.209. The number of rotatable bonds is 0. The maximum absolute atomic E-state index is 12.5. The summed E-state index contributed by atoms with van der Waals surface area (Å²) < 4.78 is 31.7. The number of nitrogens with two attached hydrogens (primary N) is 1. The summed E-state index contributed by atoms with van der Waals surface area (Å²) in [5, 5.41) is 0. The molecule has 0 fully saturated rings. The van der Waals surface area contributed by atoms with Crippen LogP contribution in [0, 0.1) is 12.7 Å². The number of alkyl halides is 2. The Kier molecular flexibility index (Phi) is 4.92. The molecule has 0 aliphatic carbocycles. The van der Waals surface area contributed by atoms with Gasteiger partial charge >= 0.3 is 0 Å². The van der Waals surface area contributed by atoms with Gasteiger partial charge in [-0.05, 0) is 24.6 Å². The molecule has 0 saturated carbocycles. The van der Waals surface area contributed by atoms with Crippen molar-refractivity contribution >= 4 is 5.69 Å². The molecule has 0 unspecified atom stereocenters. The van der Waals surface area contributed by atoms with Crippen molar-refractivity contribution < 1.29 is 13.2 Å². The van der Waals surface area contributed by atoms with Gasteiger partial charge in [0, 0.05) is 0 Å². The second kappa shape index (κ2) is 5.46. The van der Waals surface area contributed by atoms with Crippen molar-refractivity contribution in [3.8, 4) is 0 Å².